The summed E-state index contributed by atoms with van der Waals surface area (Å²) in [6.07, 6.45) is 5.42. The topological polar surface area (TPSA) is 34.1 Å². The van der Waals surface area contributed by atoms with Gasteiger partial charge in [0.05, 0.1) is 12.8 Å². The molecule has 17 heavy (non-hydrogen) atoms. The van der Waals surface area contributed by atoms with Crippen LogP contribution in [0.3, 0.4) is 0 Å². The van der Waals surface area contributed by atoms with Crippen molar-refractivity contribution < 1.29 is 4.74 Å². The average Bonchev–Trinajstić information content (AvgIpc) is 3.10. The molecule has 1 fully saturated rings. The van der Waals surface area contributed by atoms with E-state index in [0.29, 0.717) is 11.3 Å². The van der Waals surface area contributed by atoms with Gasteiger partial charge in [-0.15, -0.1) is 0 Å². The molecule has 1 aliphatic rings. The number of hydrogen-bond donors (Lipinski definition) is 1. The number of nitrogens with one attached hydrogen (secondary N) is 1. The van der Waals surface area contributed by atoms with E-state index in [9.17, 15) is 0 Å². The molecule has 0 amide bonds. The first-order chi connectivity index (χ1) is 8.28. The fourth-order valence-corrected chi connectivity index (χ4v) is 2.35. The molecular weight excluding hydrogens is 212 g/mol. The molecule has 3 heteroatoms. The zero-order valence-electron chi connectivity index (χ0n) is 10.8. The minimum Gasteiger partial charge on any atom is -0.481 e. The summed E-state index contributed by atoms with van der Waals surface area (Å²) in [5, 5.41) is 3.52. The zero-order chi connectivity index (χ0) is 12.1. The van der Waals surface area contributed by atoms with Gasteiger partial charge in [-0.2, -0.15) is 0 Å². The van der Waals surface area contributed by atoms with Gasteiger partial charge in [0.1, 0.15) is 0 Å². The summed E-state index contributed by atoms with van der Waals surface area (Å²) < 4.78 is 5.11. The lowest BCUT2D eigenvalue weighted by Gasteiger charge is -2.14. The third-order valence-electron chi connectivity index (χ3n) is 3.53. The van der Waals surface area contributed by atoms with Crippen LogP contribution in [-0.2, 0) is 6.54 Å². The first-order valence-corrected chi connectivity index (χ1v) is 6.49. The van der Waals surface area contributed by atoms with Crippen LogP contribution < -0.4 is 10.1 Å². The van der Waals surface area contributed by atoms with Crippen molar-refractivity contribution in [3.8, 4) is 5.88 Å². The molecule has 1 heterocycles. The second kappa shape index (κ2) is 5.50. The Morgan fingerprint density at radius 3 is 2.88 bits per heavy atom. The van der Waals surface area contributed by atoms with Crippen molar-refractivity contribution in [2.75, 3.05) is 13.7 Å². The van der Waals surface area contributed by atoms with Crippen molar-refractivity contribution in [3.05, 3.63) is 23.9 Å². The maximum absolute atomic E-state index is 5.11. The molecule has 2 rings (SSSR count). The van der Waals surface area contributed by atoms with Gasteiger partial charge >= 0.3 is 0 Å². The summed E-state index contributed by atoms with van der Waals surface area (Å²) in [6.45, 7) is 4.23. The molecule has 0 atom stereocenters. The number of methoxy groups -OCH3 is 1. The molecule has 94 valence electrons. The lowest BCUT2D eigenvalue weighted by molar-refractivity contribution is 0.393. The van der Waals surface area contributed by atoms with Gasteiger partial charge < -0.3 is 10.1 Å². The van der Waals surface area contributed by atoms with Crippen LogP contribution >= 0.6 is 0 Å². The van der Waals surface area contributed by atoms with Crippen LogP contribution in [0.15, 0.2) is 18.2 Å². The minimum absolute atomic E-state index is 0.605. The van der Waals surface area contributed by atoms with E-state index in [1.165, 1.54) is 25.7 Å². The number of rotatable bonds is 7. The Bertz CT molecular complexity index is 361. The van der Waals surface area contributed by atoms with Crippen molar-refractivity contribution in [2.24, 2.45) is 5.41 Å². The fourth-order valence-electron chi connectivity index (χ4n) is 2.35. The summed E-state index contributed by atoms with van der Waals surface area (Å²) in [5.41, 5.74) is 1.66. The first-order valence-electron chi connectivity index (χ1n) is 6.49. The van der Waals surface area contributed by atoms with Gasteiger partial charge in [0.25, 0.3) is 0 Å². The van der Waals surface area contributed by atoms with E-state index in [4.69, 9.17) is 4.74 Å². The molecule has 0 aromatic carbocycles. The van der Waals surface area contributed by atoms with Crippen molar-refractivity contribution in [2.45, 2.75) is 39.2 Å². The molecular formula is C14H22N2O. The van der Waals surface area contributed by atoms with E-state index in [0.717, 1.165) is 18.8 Å². The van der Waals surface area contributed by atoms with E-state index >= 15 is 0 Å². The molecule has 1 aromatic rings. The molecule has 0 saturated heterocycles. The Hall–Kier alpha value is -1.09. The molecule has 0 spiro atoms. The second-order valence-corrected chi connectivity index (χ2v) is 5.02. The van der Waals surface area contributed by atoms with Crippen LogP contribution in [-0.4, -0.2) is 18.6 Å². The summed E-state index contributed by atoms with van der Waals surface area (Å²) in [4.78, 5) is 4.39. The Morgan fingerprint density at radius 2 is 2.24 bits per heavy atom. The molecule has 0 aliphatic heterocycles. The highest BCUT2D eigenvalue weighted by atomic mass is 16.5. The lowest BCUT2D eigenvalue weighted by Crippen LogP contribution is -2.24. The molecule has 0 bridgehead atoms. The highest BCUT2D eigenvalue weighted by molar-refractivity contribution is 5.15. The van der Waals surface area contributed by atoms with E-state index in [-0.39, 0.29) is 0 Å². The predicted octanol–water partition coefficient (Wildman–Crippen LogP) is 2.76. The zero-order valence-corrected chi connectivity index (χ0v) is 10.8. The number of ether oxygens (including phenoxy) is 1. The SMILES string of the molecule is CCCC1(CNCc2cccc(OC)n2)CC1. The molecule has 1 aromatic heterocycles. The highest BCUT2D eigenvalue weighted by Crippen LogP contribution is 2.48. The van der Waals surface area contributed by atoms with Crippen LogP contribution in [0.5, 0.6) is 5.88 Å². The van der Waals surface area contributed by atoms with Crippen LogP contribution in [0.4, 0.5) is 0 Å². The van der Waals surface area contributed by atoms with Crippen LogP contribution in [0.25, 0.3) is 0 Å². The van der Waals surface area contributed by atoms with E-state index in [1.54, 1.807) is 7.11 Å². The van der Waals surface area contributed by atoms with Crippen molar-refractivity contribution >= 4 is 0 Å². The molecule has 0 unspecified atom stereocenters. The summed E-state index contributed by atoms with van der Waals surface area (Å²) in [7, 11) is 1.65. The molecule has 1 saturated carbocycles. The molecule has 3 nitrogen and oxygen atoms in total. The maximum Gasteiger partial charge on any atom is 0.213 e. The number of hydrogen-bond acceptors (Lipinski definition) is 3. The summed E-state index contributed by atoms with van der Waals surface area (Å²) in [6, 6.07) is 5.90. The average molecular weight is 234 g/mol. The van der Waals surface area contributed by atoms with E-state index < -0.39 is 0 Å². The van der Waals surface area contributed by atoms with Gasteiger partial charge in [-0.3, -0.25) is 0 Å². The standard InChI is InChI=1S/C14H22N2O/c1-3-7-14(8-9-14)11-15-10-12-5-4-6-13(16-12)17-2/h4-6,15H,3,7-11H2,1-2H3. The van der Waals surface area contributed by atoms with Crippen molar-refractivity contribution in [1.82, 2.24) is 10.3 Å². The summed E-state index contributed by atoms with van der Waals surface area (Å²) >= 11 is 0. The van der Waals surface area contributed by atoms with Gasteiger partial charge in [0.2, 0.25) is 5.88 Å². The Kier molecular flexibility index (Phi) is 4.00. The Labute approximate surface area is 104 Å². The number of nitrogens with zero attached hydrogens (tertiary/aromatic N) is 1. The second-order valence-electron chi connectivity index (χ2n) is 5.02. The van der Waals surface area contributed by atoms with E-state index in [1.807, 2.05) is 18.2 Å². The monoisotopic (exact) mass is 234 g/mol. The van der Waals surface area contributed by atoms with Crippen molar-refractivity contribution in [1.29, 1.82) is 0 Å². The predicted molar refractivity (Wildman–Crippen MR) is 69.1 cm³/mol. The van der Waals surface area contributed by atoms with Gasteiger partial charge in [-0.25, -0.2) is 4.98 Å². The third-order valence-corrected chi connectivity index (χ3v) is 3.53. The summed E-state index contributed by atoms with van der Waals surface area (Å²) in [5.74, 6) is 0.694. The first kappa shape index (κ1) is 12.4. The van der Waals surface area contributed by atoms with Crippen molar-refractivity contribution in [3.63, 3.8) is 0 Å². The van der Waals surface area contributed by atoms with Gasteiger partial charge in [0.15, 0.2) is 0 Å². The highest BCUT2D eigenvalue weighted by Gasteiger charge is 2.40. The van der Waals surface area contributed by atoms with Gasteiger partial charge in [-0.05, 0) is 30.7 Å². The minimum atomic E-state index is 0.605. The van der Waals surface area contributed by atoms with Crippen LogP contribution in [0.1, 0.15) is 38.3 Å². The maximum atomic E-state index is 5.11. The molecule has 1 N–H and O–H groups in total. The molecule has 0 radical (unpaired) electrons. The number of aromatic nitrogens is 1. The fraction of sp³-hybridized carbons (Fsp3) is 0.643. The third kappa shape index (κ3) is 3.43. The lowest BCUT2D eigenvalue weighted by atomic mass is 10.0. The Balaban J connectivity index is 1.78. The quantitative estimate of drug-likeness (QED) is 0.787. The van der Waals surface area contributed by atoms with E-state index in [2.05, 4.69) is 17.2 Å². The smallest absolute Gasteiger partial charge is 0.213 e. The van der Waals surface area contributed by atoms with Crippen LogP contribution in [0.2, 0.25) is 0 Å². The van der Waals surface area contributed by atoms with Gasteiger partial charge in [0, 0.05) is 19.2 Å². The van der Waals surface area contributed by atoms with Crippen LogP contribution in [0, 0.1) is 5.41 Å². The molecule has 1 aliphatic carbocycles. The van der Waals surface area contributed by atoms with Gasteiger partial charge in [-0.1, -0.05) is 19.4 Å². The number of pyridine rings is 1. The largest absolute Gasteiger partial charge is 0.481 e. The Morgan fingerprint density at radius 1 is 1.41 bits per heavy atom. The normalized spacial score (nSPS) is 16.8.